The Balaban J connectivity index is 1.16. The molecule has 5 N–H and O–H groups in total. The molecule has 0 saturated heterocycles. The summed E-state index contributed by atoms with van der Waals surface area (Å²) in [5, 5.41) is 26.7. The molecule has 0 bridgehead atoms. The normalized spacial score (nSPS) is 12.6. The largest absolute Gasteiger partial charge is 0.506 e. The van der Waals surface area contributed by atoms with Crippen LogP contribution < -0.4 is 26.7 Å². The van der Waals surface area contributed by atoms with E-state index in [1.165, 1.54) is 6.07 Å². The molecule has 0 aliphatic heterocycles. The van der Waals surface area contributed by atoms with Gasteiger partial charge >= 0.3 is 11.8 Å². The number of nitrogens with one attached hydrogen (secondary N) is 3. The third kappa shape index (κ3) is 8.91. The standard InChI is InChI=1S/C43H50N4O8Si/c1-43(2,3)56(5,6)55-38(31-17-19-35(48)40-32(31)18-20-39(49)46-40)26-44-25-29-23-37-34(24-36(29)53-4)47(42(52)54-37)21-11-10-12-27-15-16-30(28-13-8-7-9-14-28)33(22-27)45-41(50)51/h7-9,13-20,22-24,38,44-45,48H,10-12,21,25-26H2,1-6H3,(H,46,49)(H,50,51). The van der Waals surface area contributed by atoms with E-state index in [0.717, 1.165) is 34.2 Å². The summed E-state index contributed by atoms with van der Waals surface area (Å²) in [6.07, 6.45) is 0.630. The quantitative estimate of drug-likeness (QED) is 0.0506. The number of amides is 1. The zero-order chi connectivity index (χ0) is 40.2. The van der Waals surface area contributed by atoms with Crippen LogP contribution in [0, 0.1) is 0 Å². The van der Waals surface area contributed by atoms with E-state index in [9.17, 15) is 24.6 Å². The Morgan fingerprint density at radius 2 is 1.75 bits per heavy atom. The fourth-order valence-electron chi connectivity index (χ4n) is 6.73. The number of aromatic amines is 1. The van der Waals surface area contributed by atoms with E-state index in [0.29, 0.717) is 65.9 Å². The average Bonchev–Trinajstić information content (AvgIpc) is 3.45. The van der Waals surface area contributed by atoms with E-state index in [1.807, 2.05) is 66.7 Å². The van der Waals surface area contributed by atoms with Crippen LogP contribution in [-0.4, -0.2) is 47.8 Å². The summed E-state index contributed by atoms with van der Waals surface area (Å²) >= 11 is 0. The predicted molar refractivity (Wildman–Crippen MR) is 222 cm³/mol. The minimum absolute atomic E-state index is 0.00935. The van der Waals surface area contributed by atoms with Gasteiger partial charge in [-0.15, -0.1) is 0 Å². The molecule has 13 heteroatoms. The lowest BCUT2D eigenvalue weighted by atomic mass is 9.99. The van der Waals surface area contributed by atoms with Crippen molar-refractivity contribution in [1.82, 2.24) is 14.9 Å². The van der Waals surface area contributed by atoms with E-state index in [1.54, 1.807) is 23.8 Å². The van der Waals surface area contributed by atoms with Gasteiger partial charge < -0.3 is 34.1 Å². The molecule has 1 unspecified atom stereocenters. The van der Waals surface area contributed by atoms with E-state index in [4.69, 9.17) is 13.6 Å². The highest BCUT2D eigenvalue weighted by Gasteiger charge is 2.39. The van der Waals surface area contributed by atoms with Crippen LogP contribution in [0.25, 0.3) is 33.1 Å². The Labute approximate surface area is 326 Å². The molecule has 4 aromatic carbocycles. The Morgan fingerprint density at radius 3 is 2.46 bits per heavy atom. The number of pyridine rings is 1. The zero-order valence-electron chi connectivity index (χ0n) is 32.7. The Bertz CT molecular complexity index is 2470. The van der Waals surface area contributed by atoms with Gasteiger partial charge in [0.05, 0.1) is 29.9 Å². The summed E-state index contributed by atoms with van der Waals surface area (Å²) in [5.74, 6) is 0.142. The number of anilines is 1. The highest BCUT2D eigenvalue weighted by molar-refractivity contribution is 6.74. The SMILES string of the molecule is COc1cc2c(cc1CNCC(O[Si](C)(C)C(C)(C)C)c1ccc(O)c3[nH]c(=O)ccc13)oc(=O)n2CCCCc1ccc(-c2ccccc2)c(NC(=O)O)c1. The molecule has 1 amide bonds. The third-order valence-electron chi connectivity index (χ3n) is 10.7. The number of phenolic OH excluding ortho intramolecular Hbond substituents is 1. The van der Waals surface area contributed by atoms with Gasteiger partial charge in [0, 0.05) is 48.3 Å². The highest BCUT2D eigenvalue weighted by atomic mass is 28.4. The first kappa shape index (κ1) is 40.0. The molecule has 0 fully saturated rings. The second kappa shape index (κ2) is 16.6. The number of oxazole rings is 1. The van der Waals surface area contributed by atoms with Crippen LogP contribution in [0.15, 0.2) is 98.9 Å². The number of carboxylic acid groups (broad SMARTS) is 1. The zero-order valence-corrected chi connectivity index (χ0v) is 33.7. The number of unbranched alkanes of at least 4 members (excludes halogenated alkanes) is 1. The van der Waals surface area contributed by atoms with Crippen LogP contribution in [0.4, 0.5) is 10.5 Å². The third-order valence-corrected chi connectivity index (χ3v) is 15.2. The Kier molecular flexibility index (Phi) is 11.9. The van der Waals surface area contributed by atoms with E-state index in [2.05, 4.69) is 49.5 Å². The second-order valence-corrected chi connectivity index (χ2v) is 20.3. The molecule has 0 saturated carbocycles. The van der Waals surface area contributed by atoms with Crippen molar-refractivity contribution in [3.63, 3.8) is 0 Å². The Hall–Kier alpha value is -5.63. The number of aromatic hydroxyl groups is 1. The van der Waals surface area contributed by atoms with E-state index < -0.39 is 26.3 Å². The Morgan fingerprint density at radius 1 is 0.982 bits per heavy atom. The molecule has 1 atom stereocenters. The molecule has 2 heterocycles. The van der Waals surface area contributed by atoms with Crippen molar-refractivity contribution in [3.8, 4) is 22.6 Å². The number of H-pyrrole nitrogens is 1. The summed E-state index contributed by atoms with van der Waals surface area (Å²) < 4.78 is 20.1. The van der Waals surface area contributed by atoms with Crippen LogP contribution in [0.1, 0.15) is 56.4 Å². The molecule has 0 aliphatic carbocycles. The van der Waals surface area contributed by atoms with Crippen molar-refractivity contribution in [3.05, 3.63) is 123 Å². The summed E-state index contributed by atoms with van der Waals surface area (Å²) in [7, 11) is -0.689. The van der Waals surface area contributed by atoms with Crippen molar-refractivity contribution in [2.24, 2.45) is 0 Å². The van der Waals surface area contributed by atoms with Gasteiger partial charge in [0.25, 0.3) is 0 Å². The summed E-state index contributed by atoms with van der Waals surface area (Å²) in [6.45, 7) is 12.2. The lowest BCUT2D eigenvalue weighted by Crippen LogP contribution is -2.43. The van der Waals surface area contributed by atoms with Gasteiger partial charge in [0.1, 0.15) is 11.5 Å². The maximum atomic E-state index is 13.1. The van der Waals surface area contributed by atoms with E-state index >= 15 is 0 Å². The summed E-state index contributed by atoms with van der Waals surface area (Å²) in [5.41, 5.74) is 6.05. The van der Waals surface area contributed by atoms with Gasteiger partial charge in [0.15, 0.2) is 13.9 Å². The minimum atomic E-state index is -2.28. The molecule has 2 aromatic heterocycles. The molecule has 12 nitrogen and oxygen atoms in total. The lowest BCUT2D eigenvalue weighted by molar-refractivity contribution is 0.181. The van der Waals surface area contributed by atoms with Crippen LogP contribution in [0.2, 0.25) is 18.1 Å². The van der Waals surface area contributed by atoms with Gasteiger partial charge in [-0.2, -0.15) is 0 Å². The number of benzene rings is 4. The predicted octanol–water partition coefficient (Wildman–Crippen LogP) is 8.78. The number of nitrogens with zero attached hydrogens (tertiary/aromatic N) is 1. The molecule has 0 aliphatic rings. The fourth-order valence-corrected chi connectivity index (χ4v) is 8.01. The van der Waals surface area contributed by atoms with Gasteiger partial charge in [-0.25, -0.2) is 9.59 Å². The number of fused-ring (bicyclic) bond motifs is 2. The lowest BCUT2D eigenvalue weighted by Gasteiger charge is -2.39. The fraction of sp³-hybridized carbons (Fsp3) is 0.326. The highest BCUT2D eigenvalue weighted by Crippen LogP contribution is 2.41. The van der Waals surface area contributed by atoms with Gasteiger partial charge in [-0.05, 0) is 78.4 Å². The topological polar surface area (TPSA) is 168 Å². The van der Waals surface area contributed by atoms with E-state index in [-0.39, 0.29) is 16.3 Å². The van der Waals surface area contributed by atoms with Crippen LogP contribution >= 0.6 is 0 Å². The van der Waals surface area contributed by atoms with Crippen LogP contribution in [0.5, 0.6) is 11.5 Å². The number of rotatable bonds is 15. The van der Waals surface area contributed by atoms with Crippen molar-refractivity contribution in [2.45, 2.75) is 77.4 Å². The number of hydrogen-bond donors (Lipinski definition) is 5. The van der Waals surface area contributed by atoms with Crippen LogP contribution in [0.3, 0.4) is 0 Å². The van der Waals surface area contributed by atoms with Gasteiger partial charge in [0.2, 0.25) is 5.56 Å². The monoisotopic (exact) mass is 778 g/mol. The molecule has 6 rings (SSSR count). The van der Waals surface area contributed by atoms with Crippen molar-refractivity contribution >= 4 is 42.1 Å². The first-order valence-electron chi connectivity index (χ1n) is 18.8. The molecule has 56 heavy (non-hydrogen) atoms. The number of phenols is 1. The average molecular weight is 779 g/mol. The smallest absolute Gasteiger partial charge is 0.419 e. The molecular weight excluding hydrogens is 729 g/mol. The number of ether oxygens (including phenoxy) is 1. The number of aromatic nitrogens is 2. The summed E-state index contributed by atoms with van der Waals surface area (Å²) in [4.78, 5) is 39.5. The number of aryl methyl sites for hydroxylation is 2. The maximum Gasteiger partial charge on any atom is 0.419 e. The van der Waals surface area contributed by atoms with Crippen molar-refractivity contribution < 1.29 is 28.6 Å². The molecule has 0 radical (unpaired) electrons. The molecule has 0 spiro atoms. The number of hydrogen-bond acceptors (Lipinski definition) is 8. The number of methoxy groups -OCH3 is 1. The van der Waals surface area contributed by atoms with Crippen LogP contribution in [-0.2, 0) is 23.9 Å². The van der Waals surface area contributed by atoms with Gasteiger partial charge in [-0.1, -0.05) is 69.3 Å². The van der Waals surface area contributed by atoms with Crippen molar-refractivity contribution in [1.29, 1.82) is 0 Å². The minimum Gasteiger partial charge on any atom is -0.506 e. The molecular formula is C43H50N4O8Si. The number of carbonyl (C=O) groups is 1. The molecule has 294 valence electrons. The van der Waals surface area contributed by atoms with Crippen molar-refractivity contribution in [2.75, 3.05) is 19.0 Å². The molecule has 6 aromatic rings. The second-order valence-electron chi connectivity index (χ2n) is 15.6. The first-order chi connectivity index (χ1) is 26.6. The summed E-state index contributed by atoms with van der Waals surface area (Å²) in [6, 6.07) is 25.7. The first-order valence-corrected chi connectivity index (χ1v) is 21.7. The van der Waals surface area contributed by atoms with Gasteiger partial charge in [-0.3, -0.25) is 14.7 Å². The maximum absolute atomic E-state index is 13.1.